The van der Waals surface area contributed by atoms with Gasteiger partial charge in [-0.3, -0.25) is 0 Å². The summed E-state index contributed by atoms with van der Waals surface area (Å²) in [5, 5.41) is 12.9. The highest BCUT2D eigenvalue weighted by atomic mass is 32.2. The summed E-state index contributed by atoms with van der Waals surface area (Å²) in [7, 11) is 0. The van der Waals surface area contributed by atoms with Crippen LogP contribution in [-0.2, 0) is 6.42 Å². The minimum absolute atomic E-state index is 0.00518. The number of fused-ring (bicyclic) bond motifs is 1. The summed E-state index contributed by atoms with van der Waals surface area (Å²) >= 11 is 1.25. The van der Waals surface area contributed by atoms with Gasteiger partial charge in [0.25, 0.3) is 0 Å². The average molecular weight is 423 g/mol. The summed E-state index contributed by atoms with van der Waals surface area (Å²) in [6.07, 6.45) is 0.746. The summed E-state index contributed by atoms with van der Waals surface area (Å²) < 4.78 is 17.3. The van der Waals surface area contributed by atoms with E-state index in [0.29, 0.717) is 10.5 Å². The van der Waals surface area contributed by atoms with Crippen molar-refractivity contribution in [3.05, 3.63) is 89.2 Å². The Morgan fingerprint density at radius 1 is 1.13 bits per heavy atom. The second-order valence-corrected chi connectivity index (χ2v) is 8.99. The number of hydrogen-bond acceptors (Lipinski definition) is 4. The quantitative estimate of drug-likeness (QED) is 0.417. The molecule has 0 saturated carbocycles. The largest absolute Gasteiger partial charge is 0.478 e. The molecule has 0 radical (unpaired) electrons. The Hall–Kier alpha value is -2.99. The van der Waals surface area contributed by atoms with Crippen molar-refractivity contribution in [2.45, 2.75) is 31.2 Å². The van der Waals surface area contributed by atoms with E-state index in [4.69, 9.17) is 0 Å². The highest BCUT2D eigenvalue weighted by Crippen LogP contribution is 2.47. The van der Waals surface area contributed by atoms with Crippen LogP contribution in [0.5, 0.6) is 0 Å². The minimum atomic E-state index is -0.919. The third-order valence-electron chi connectivity index (χ3n) is 5.46. The first-order valence-corrected chi connectivity index (χ1v) is 10.6. The maximum absolute atomic E-state index is 14.0. The highest BCUT2D eigenvalue weighted by Gasteiger charge is 2.37. The van der Waals surface area contributed by atoms with E-state index >= 15 is 0 Å². The third kappa shape index (κ3) is 4.00. The molecule has 1 aliphatic heterocycles. The monoisotopic (exact) mass is 422 g/mol. The number of rotatable bonds is 5. The van der Waals surface area contributed by atoms with E-state index < -0.39 is 5.97 Å². The van der Waals surface area contributed by atoms with E-state index in [-0.39, 0.29) is 17.3 Å². The zero-order chi connectivity index (χ0) is 21.3. The zero-order valence-electron chi connectivity index (χ0n) is 16.8. The van der Waals surface area contributed by atoms with Gasteiger partial charge in [-0.05, 0) is 71.3 Å². The highest BCUT2D eigenvalue weighted by molar-refractivity contribution is 8.00. The van der Waals surface area contributed by atoms with E-state index in [0.717, 1.165) is 28.9 Å². The summed E-state index contributed by atoms with van der Waals surface area (Å²) in [6, 6.07) is 19.9. The number of carbonyl (C=O) groups is 1. The molecule has 1 unspecified atom stereocenters. The van der Waals surface area contributed by atoms with Crippen LogP contribution in [0, 0.1) is 11.2 Å². The molecule has 4 nitrogen and oxygen atoms in total. The van der Waals surface area contributed by atoms with Crippen molar-refractivity contribution < 1.29 is 14.3 Å². The number of aromatic carboxylic acids is 1. The third-order valence-corrected chi connectivity index (χ3v) is 6.33. The Bertz CT molecular complexity index is 1100. The Morgan fingerprint density at radius 2 is 1.87 bits per heavy atom. The molecule has 4 rings (SSSR count). The van der Waals surface area contributed by atoms with Crippen LogP contribution in [0.4, 0.5) is 15.8 Å². The number of benzene rings is 3. The topological polar surface area (TPSA) is 61.4 Å². The molecule has 0 aromatic heterocycles. The van der Waals surface area contributed by atoms with Crippen LogP contribution in [0.25, 0.3) is 0 Å². The molecule has 6 heteroatoms. The number of halogens is 1. The minimum Gasteiger partial charge on any atom is -0.478 e. The molecule has 0 aliphatic carbocycles. The summed E-state index contributed by atoms with van der Waals surface area (Å²) in [4.78, 5) is 11.9. The van der Waals surface area contributed by atoms with Crippen LogP contribution in [0.2, 0.25) is 0 Å². The summed E-state index contributed by atoms with van der Waals surface area (Å²) in [5.74, 6) is -1.18. The van der Waals surface area contributed by atoms with Gasteiger partial charge in [0.1, 0.15) is 5.82 Å². The maximum atomic E-state index is 14.0. The predicted octanol–water partition coefficient (Wildman–Crippen LogP) is 6.38. The summed E-state index contributed by atoms with van der Waals surface area (Å²) in [6.45, 7) is 4.34. The van der Waals surface area contributed by atoms with Crippen LogP contribution in [0.3, 0.4) is 0 Å². The fourth-order valence-corrected chi connectivity index (χ4v) is 4.65. The molecule has 3 N–H and O–H groups in total. The normalized spacial score (nSPS) is 17.0. The average Bonchev–Trinajstić information content (AvgIpc) is 2.72. The second kappa shape index (κ2) is 8.03. The van der Waals surface area contributed by atoms with Gasteiger partial charge in [-0.1, -0.05) is 44.2 Å². The fraction of sp³-hybridized carbons (Fsp3) is 0.208. The number of carboxylic acids is 1. The Balaban J connectivity index is 1.64. The number of hydrogen-bond donors (Lipinski definition) is 3. The van der Waals surface area contributed by atoms with Gasteiger partial charge in [0.2, 0.25) is 0 Å². The van der Waals surface area contributed by atoms with Crippen LogP contribution in [-0.4, -0.2) is 11.1 Å². The molecule has 3 aromatic carbocycles. The van der Waals surface area contributed by atoms with Crippen molar-refractivity contribution in [2.75, 3.05) is 10.0 Å². The number of anilines is 2. The first-order chi connectivity index (χ1) is 14.3. The number of nitrogens with one attached hydrogen (secondary N) is 2. The van der Waals surface area contributed by atoms with Crippen LogP contribution in [0.15, 0.2) is 71.6 Å². The molecular formula is C24H23FN2O2S. The van der Waals surface area contributed by atoms with Gasteiger partial charge in [-0.15, -0.1) is 0 Å². The molecule has 0 bridgehead atoms. The van der Waals surface area contributed by atoms with E-state index in [1.54, 1.807) is 24.3 Å². The van der Waals surface area contributed by atoms with E-state index in [9.17, 15) is 14.3 Å². The standard InChI is InChI=1S/C24H23FN2O2S/c1-24(2)14-16-13-15(23(28)29)11-12-19(16)26-22(24)17-7-3-5-9-20(17)27-30-21-10-6-4-8-18(21)25/h3-13,22,26-27H,14H2,1-2H3,(H,28,29). The van der Waals surface area contributed by atoms with E-state index in [1.807, 2.05) is 30.3 Å². The molecular weight excluding hydrogens is 399 g/mol. The number of carboxylic acid groups (broad SMARTS) is 1. The van der Waals surface area contributed by atoms with Gasteiger partial charge in [0.05, 0.1) is 16.5 Å². The first kappa shape index (κ1) is 20.3. The molecule has 1 aliphatic rings. The van der Waals surface area contributed by atoms with Crippen LogP contribution >= 0.6 is 11.9 Å². The van der Waals surface area contributed by atoms with Gasteiger partial charge in [-0.25, -0.2) is 9.18 Å². The zero-order valence-corrected chi connectivity index (χ0v) is 17.6. The Labute approximate surface area is 179 Å². The first-order valence-electron chi connectivity index (χ1n) is 9.74. The summed E-state index contributed by atoms with van der Waals surface area (Å²) in [5.41, 5.74) is 4.09. The van der Waals surface area contributed by atoms with Crippen molar-refractivity contribution in [1.82, 2.24) is 0 Å². The molecule has 0 spiro atoms. The van der Waals surface area contributed by atoms with E-state index in [1.165, 1.54) is 18.0 Å². The van der Waals surface area contributed by atoms with Crippen molar-refractivity contribution in [2.24, 2.45) is 5.41 Å². The maximum Gasteiger partial charge on any atom is 0.335 e. The van der Waals surface area contributed by atoms with Gasteiger partial charge in [0.15, 0.2) is 0 Å². The smallest absolute Gasteiger partial charge is 0.335 e. The van der Waals surface area contributed by atoms with Crippen molar-refractivity contribution in [1.29, 1.82) is 0 Å². The Morgan fingerprint density at radius 3 is 2.63 bits per heavy atom. The lowest BCUT2D eigenvalue weighted by Gasteiger charge is -2.42. The van der Waals surface area contributed by atoms with E-state index in [2.05, 4.69) is 30.0 Å². The molecule has 0 amide bonds. The lowest BCUT2D eigenvalue weighted by molar-refractivity contribution is 0.0696. The van der Waals surface area contributed by atoms with Gasteiger partial charge in [-0.2, -0.15) is 0 Å². The lowest BCUT2D eigenvalue weighted by atomic mass is 9.72. The molecule has 154 valence electrons. The molecule has 1 heterocycles. The molecule has 30 heavy (non-hydrogen) atoms. The van der Waals surface area contributed by atoms with Crippen molar-refractivity contribution in [3.63, 3.8) is 0 Å². The number of para-hydroxylation sites is 1. The van der Waals surface area contributed by atoms with Crippen molar-refractivity contribution >= 4 is 29.3 Å². The van der Waals surface area contributed by atoms with Crippen LogP contribution in [0.1, 0.15) is 41.4 Å². The predicted molar refractivity (Wildman–Crippen MR) is 120 cm³/mol. The van der Waals surface area contributed by atoms with Crippen molar-refractivity contribution in [3.8, 4) is 0 Å². The van der Waals surface area contributed by atoms with Crippen LogP contribution < -0.4 is 10.0 Å². The SMILES string of the molecule is CC1(C)Cc2cc(C(=O)O)ccc2NC1c1ccccc1NSc1ccccc1F. The van der Waals surface area contributed by atoms with Gasteiger partial charge < -0.3 is 15.1 Å². The Kier molecular flexibility index (Phi) is 5.43. The van der Waals surface area contributed by atoms with Gasteiger partial charge >= 0.3 is 5.97 Å². The molecule has 3 aromatic rings. The second-order valence-electron chi connectivity index (χ2n) is 8.14. The molecule has 0 fully saturated rings. The molecule has 0 saturated heterocycles. The van der Waals surface area contributed by atoms with Gasteiger partial charge in [0, 0.05) is 11.4 Å². The molecule has 1 atom stereocenters. The lowest BCUT2D eigenvalue weighted by Crippen LogP contribution is -2.35. The fourth-order valence-electron chi connectivity index (χ4n) is 3.94.